The molecule has 2 nitrogen and oxygen atoms in total. The molecule has 3 aliphatic rings. The van der Waals surface area contributed by atoms with Gasteiger partial charge in [-0.2, -0.15) is 0 Å². The number of aromatic nitrogens is 1. The van der Waals surface area contributed by atoms with E-state index in [1.807, 2.05) is 6.20 Å². The molecular formula is C16H20N2. The number of rotatable bonds is 2. The molecule has 2 unspecified atom stereocenters. The molecule has 1 aromatic heterocycles. The van der Waals surface area contributed by atoms with Crippen LogP contribution in [-0.2, 0) is 6.42 Å². The van der Waals surface area contributed by atoms with E-state index >= 15 is 0 Å². The summed E-state index contributed by atoms with van der Waals surface area (Å²) in [5.41, 5.74) is 4.89. The molecule has 4 rings (SSSR count). The van der Waals surface area contributed by atoms with Crippen molar-refractivity contribution in [3.05, 3.63) is 35.7 Å². The van der Waals surface area contributed by atoms with Gasteiger partial charge in [0.2, 0.25) is 0 Å². The van der Waals surface area contributed by atoms with Gasteiger partial charge < -0.3 is 4.90 Å². The molecule has 2 atom stereocenters. The fraction of sp³-hybridized carbons (Fsp3) is 0.562. The third-order valence-corrected chi connectivity index (χ3v) is 5.11. The van der Waals surface area contributed by atoms with E-state index in [0.717, 1.165) is 12.3 Å². The van der Waals surface area contributed by atoms with Gasteiger partial charge in [-0.25, -0.2) is 0 Å². The zero-order chi connectivity index (χ0) is 12.2. The number of fused-ring (bicyclic) bond motifs is 2. The fourth-order valence-electron chi connectivity index (χ4n) is 4.06. The van der Waals surface area contributed by atoms with Crippen molar-refractivity contribution in [2.24, 2.45) is 11.3 Å². The molecule has 94 valence electrons. The van der Waals surface area contributed by atoms with Crippen LogP contribution in [0.3, 0.4) is 0 Å². The summed E-state index contributed by atoms with van der Waals surface area (Å²) >= 11 is 0. The maximum absolute atomic E-state index is 4.58. The third kappa shape index (κ3) is 1.36. The van der Waals surface area contributed by atoms with Crippen molar-refractivity contribution in [3.8, 4) is 0 Å². The Kier molecular flexibility index (Phi) is 2.19. The number of allylic oxidation sites excluding steroid dienone is 1. The van der Waals surface area contributed by atoms with Crippen LogP contribution in [0.5, 0.6) is 0 Å². The van der Waals surface area contributed by atoms with Crippen molar-refractivity contribution in [1.82, 2.24) is 9.88 Å². The van der Waals surface area contributed by atoms with Gasteiger partial charge in [0.05, 0.1) is 0 Å². The molecule has 0 spiro atoms. The van der Waals surface area contributed by atoms with Crippen LogP contribution in [0.2, 0.25) is 0 Å². The van der Waals surface area contributed by atoms with Gasteiger partial charge >= 0.3 is 0 Å². The number of nitrogens with zero attached hydrogens (tertiary/aromatic N) is 2. The summed E-state index contributed by atoms with van der Waals surface area (Å²) in [6.45, 7) is 6.06. The first-order valence-corrected chi connectivity index (χ1v) is 7.21. The molecule has 2 aliphatic carbocycles. The van der Waals surface area contributed by atoms with Gasteiger partial charge in [-0.3, -0.25) is 4.98 Å². The molecule has 1 aromatic rings. The Labute approximate surface area is 109 Å². The summed E-state index contributed by atoms with van der Waals surface area (Å²) in [7, 11) is 0. The van der Waals surface area contributed by atoms with Crippen LogP contribution in [-0.4, -0.2) is 29.5 Å². The number of hydrogen-bond acceptors (Lipinski definition) is 2. The van der Waals surface area contributed by atoms with Crippen molar-refractivity contribution in [2.45, 2.75) is 26.2 Å². The van der Waals surface area contributed by atoms with Gasteiger partial charge in [-0.1, -0.05) is 19.1 Å². The SMILES string of the molecule is CCN1CC2CC2(C2=CCCc3ncccc32)C1. The van der Waals surface area contributed by atoms with E-state index < -0.39 is 0 Å². The highest BCUT2D eigenvalue weighted by Crippen LogP contribution is 2.65. The Balaban J connectivity index is 1.73. The minimum absolute atomic E-state index is 0.494. The first-order chi connectivity index (χ1) is 8.83. The molecule has 0 aromatic carbocycles. The van der Waals surface area contributed by atoms with E-state index in [9.17, 15) is 0 Å². The zero-order valence-electron chi connectivity index (χ0n) is 11.0. The summed E-state index contributed by atoms with van der Waals surface area (Å²) in [6.07, 6.45) is 8.15. The van der Waals surface area contributed by atoms with E-state index in [1.54, 1.807) is 5.57 Å². The van der Waals surface area contributed by atoms with E-state index in [2.05, 4.69) is 35.0 Å². The minimum Gasteiger partial charge on any atom is -0.302 e. The molecule has 2 heterocycles. The standard InChI is InChI=1S/C16H20N2/c1-2-18-10-12-9-16(12,11-18)14-6-3-7-15-13(14)5-4-8-17-15/h4-6,8,12H,2-3,7,9-11H2,1H3. The van der Waals surface area contributed by atoms with E-state index in [4.69, 9.17) is 0 Å². The molecule has 0 N–H and O–H groups in total. The Morgan fingerprint density at radius 1 is 1.50 bits per heavy atom. The molecular weight excluding hydrogens is 220 g/mol. The van der Waals surface area contributed by atoms with Crippen molar-refractivity contribution in [2.75, 3.05) is 19.6 Å². The molecule has 0 bridgehead atoms. The smallest absolute Gasteiger partial charge is 0.0481 e. The predicted molar refractivity (Wildman–Crippen MR) is 73.2 cm³/mol. The average molecular weight is 240 g/mol. The van der Waals surface area contributed by atoms with Crippen LogP contribution >= 0.6 is 0 Å². The lowest BCUT2D eigenvalue weighted by molar-refractivity contribution is 0.311. The molecule has 18 heavy (non-hydrogen) atoms. The normalized spacial score (nSPS) is 33.8. The second-order valence-corrected chi connectivity index (χ2v) is 6.04. The molecule has 2 heteroatoms. The molecule has 1 saturated carbocycles. The van der Waals surface area contributed by atoms with Gasteiger partial charge in [0, 0.05) is 30.4 Å². The monoisotopic (exact) mass is 240 g/mol. The van der Waals surface area contributed by atoms with Crippen LogP contribution in [0, 0.1) is 11.3 Å². The van der Waals surface area contributed by atoms with Crippen molar-refractivity contribution >= 4 is 5.57 Å². The predicted octanol–water partition coefficient (Wildman–Crippen LogP) is 2.75. The summed E-state index contributed by atoms with van der Waals surface area (Å²) < 4.78 is 0. The van der Waals surface area contributed by atoms with Crippen LogP contribution in [0.15, 0.2) is 24.4 Å². The van der Waals surface area contributed by atoms with Crippen molar-refractivity contribution in [1.29, 1.82) is 0 Å². The lowest BCUT2D eigenvalue weighted by Crippen LogP contribution is -2.25. The maximum Gasteiger partial charge on any atom is 0.0481 e. The molecule has 0 radical (unpaired) electrons. The average Bonchev–Trinajstić information content (AvgIpc) is 3.00. The lowest BCUT2D eigenvalue weighted by atomic mass is 9.83. The molecule has 2 fully saturated rings. The Morgan fingerprint density at radius 2 is 2.44 bits per heavy atom. The molecule has 1 saturated heterocycles. The summed E-state index contributed by atoms with van der Waals surface area (Å²) in [5, 5.41) is 0. The third-order valence-electron chi connectivity index (χ3n) is 5.11. The van der Waals surface area contributed by atoms with Crippen molar-refractivity contribution in [3.63, 3.8) is 0 Å². The summed E-state index contributed by atoms with van der Waals surface area (Å²) in [5.74, 6) is 0.912. The first-order valence-electron chi connectivity index (χ1n) is 7.21. The van der Waals surface area contributed by atoms with Crippen LogP contribution in [0.4, 0.5) is 0 Å². The van der Waals surface area contributed by atoms with Gasteiger partial charge in [0.1, 0.15) is 0 Å². The molecule has 0 amide bonds. The van der Waals surface area contributed by atoms with Gasteiger partial charge in [0.25, 0.3) is 0 Å². The number of aryl methyl sites for hydroxylation is 1. The number of piperidine rings is 1. The quantitative estimate of drug-likeness (QED) is 0.790. The molecule has 1 aliphatic heterocycles. The van der Waals surface area contributed by atoms with E-state index in [-0.39, 0.29) is 0 Å². The van der Waals surface area contributed by atoms with Crippen LogP contribution < -0.4 is 0 Å². The van der Waals surface area contributed by atoms with E-state index in [1.165, 1.54) is 43.7 Å². The number of likely N-dealkylation sites (tertiary alicyclic amines) is 1. The largest absolute Gasteiger partial charge is 0.302 e. The van der Waals surface area contributed by atoms with Gasteiger partial charge in [-0.05, 0) is 48.9 Å². The van der Waals surface area contributed by atoms with Crippen LogP contribution in [0.1, 0.15) is 31.0 Å². The zero-order valence-corrected chi connectivity index (χ0v) is 11.0. The highest BCUT2D eigenvalue weighted by atomic mass is 15.2. The minimum atomic E-state index is 0.494. The van der Waals surface area contributed by atoms with Gasteiger partial charge in [0.15, 0.2) is 0 Å². The Hall–Kier alpha value is -1.15. The topological polar surface area (TPSA) is 16.1 Å². The maximum atomic E-state index is 4.58. The van der Waals surface area contributed by atoms with Crippen LogP contribution in [0.25, 0.3) is 5.57 Å². The second kappa shape index (κ2) is 3.67. The second-order valence-electron chi connectivity index (χ2n) is 6.04. The summed E-state index contributed by atoms with van der Waals surface area (Å²) in [6, 6.07) is 4.38. The number of hydrogen-bond donors (Lipinski definition) is 0. The highest BCUT2D eigenvalue weighted by Gasteiger charge is 2.61. The van der Waals surface area contributed by atoms with E-state index in [0.29, 0.717) is 5.41 Å². The summed E-state index contributed by atoms with van der Waals surface area (Å²) in [4.78, 5) is 7.19. The Morgan fingerprint density at radius 3 is 3.28 bits per heavy atom. The Bertz CT molecular complexity index is 520. The number of pyridine rings is 1. The first kappa shape index (κ1) is 10.7. The lowest BCUT2D eigenvalue weighted by Gasteiger charge is -2.25. The van der Waals surface area contributed by atoms with Gasteiger partial charge in [-0.15, -0.1) is 0 Å². The fourth-order valence-corrected chi connectivity index (χ4v) is 4.06. The highest BCUT2D eigenvalue weighted by molar-refractivity contribution is 5.76. The van der Waals surface area contributed by atoms with Crippen molar-refractivity contribution < 1.29 is 0 Å².